The van der Waals surface area contributed by atoms with Gasteiger partial charge in [-0.2, -0.15) is 0 Å². The van der Waals surface area contributed by atoms with Crippen LogP contribution in [0.25, 0.3) is 0 Å². The van der Waals surface area contributed by atoms with Crippen LogP contribution in [0.15, 0.2) is 18.2 Å². The molecular formula is C14H14Cl2N2O4. The molecular weight excluding hydrogens is 331 g/mol. The van der Waals surface area contributed by atoms with E-state index < -0.39 is 24.0 Å². The summed E-state index contributed by atoms with van der Waals surface area (Å²) in [5, 5.41) is 14.9. The Balaban J connectivity index is 2.05. The highest BCUT2D eigenvalue weighted by atomic mass is 35.5. The third-order valence-electron chi connectivity index (χ3n) is 3.37. The summed E-state index contributed by atoms with van der Waals surface area (Å²) in [5.74, 6) is -1.90. The van der Waals surface area contributed by atoms with Crippen molar-refractivity contribution in [2.45, 2.75) is 31.3 Å². The number of carbonyl (C=O) groups excluding carboxylic acids is 2. The zero-order valence-corrected chi connectivity index (χ0v) is 12.9. The van der Waals surface area contributed by atoms with E-state index in [4.69, 9.17) is 23.2 Å². The van der Waals surface area contributed by atoms with Crippen molar-refractivity contribution in [2.75, 3.05) is 0 Å². The number of aliphatic carboxylic acids is 1. The monoisotopic (exact) mass is 344 g/mol. The topological polar surface area (TPSA) is 95.5 Å². The molecule has 118 valence electrons. The molecule has 8 heteroatoms. The molecule has 0 aromatic heterocycles. The molecule has 6 nitrogen and oxygen atoms in total. The second-order valence-corrected chi connectivity index (χ2v) is 5.84. The number of hydrogen-bond donors (Lipinski definition) is 3. The lowest BCUT2D eigenvalue weighted by molar-refractivity contribution is -0.142. The van der Waals surface area contributed by atoms with Crippen LogP contribution in [0.2, 0.25) is 10.0 Å². The van der Waals surface area contributed by atoms with E-state index in [0.717, 1.165) is 0 Å². The number of nitrogens with one attached hydrogen (secondary N) is 2. The second-order valence-electron chi connectivity index (χ2n) is 5.00. The summed E-state index contributed by atoms with van der Waals surface area (Å²) >= 11 is 11.8. The zero-order chi connectivity index (χ0) is 16.3. The van der Waals surface area contributed by atoms with E-state index in [0.29, 0.717) is 22.0 Å². The van der Waals surface area contributed by atoms with Gasteiger partial charge in [-0.1, -0.05) is 29.3 Å². The van der Waals surface area contributed by atoms with Crippen molar-refractivity contribution in [3.05, 3.63) is 33.8 Å². The zero-order valence-electron chi connectivity index (χ0n) is 11.4. The van der Waals surface area contributed by atoms with Crippen LogP contribution >= 0.6 is 23.2 Å². The van der Waals surface area contributed by atoms with Crippen molar-refractivity contribution in [1.29, 1.82) is 0 Å². The Kier molecular flexibility index (Phi) is 5.26. The van der Waals surface area contributed by atoms with Crippen molar-refractivity contribution in [1.82, 2.24) is 10.6 Å². The average Bonchev–Trinajstić information content (AvgIpc) is 2.87. The van der Waals surface area contributed by atoms with Gasteiger partial charge < -0.3 is 15.7 Å². The first-order valence-electron chi connectivity index (χ1n) is 6.63. The summed E-state index contributed by atoms with van der Waals surface area (Å²) in [7, 11) is 0. The Morgan fingerprint density at radius 2 is 2.14 bits per heavy atom. The molecule has 0 spiro atoms. The lowest BCUT2D eigenvalue weighted by atomic mass is 10.1. The number of hydrogen-bond acceptors (Lipinski definition) is 3. The summed E-state index contributed by atoms with van der Waals surface area (Å²) in [6.45, 7) is 0. The molecule has 1 heterocycles. The standard InChI is InChI=1S/C14H14Cl2N2O4/c15-8-2-1-7(9(16)6-8)5-11(14(21)22)18-13(20)10-3-4-12(19)17-10/h1-2,6,10-11H,3-5H2,(H,17,19)(H,18,20)(H,21,22)/t10-,11-/m1/s1. The highest BCUT2D eigenvalue weighted by molar-refractivity contribution is 6.35. The molecule has 0 radical (unpaired) electrons. The van der Waals surface area contributed by atoms with Gasteiger partial charge in [0, 0.05) is 22.9 Å². The predicted octanol–water partition coefficient (Wildman–Crippen LogP) is 1.38. The van der Waals surface area contributed by atoms with E-state index in [-0.39, 0.29) is 18.7 Å². The summed E-state index contributed by atoms with van der Waals surface area (Å²) < 4.78 is 0. The number of carbonyl (C=O) groups is 3. The van der Waals surface area contributed by atoms with Crippen LogP contribution in [-0.4, -0.2) is 35.0 Å². The Morgan fingerprint density at radius 3 is 2.68 bits per heavy atom. The molecule has 1 aliphatic rings. The number of amides is 2. The van der Waals surface area contributed by atoms with Crippen molar-refractivity contribution in [2.24, 2.45) is 0 Å². The van der Waals surface area contributed by atoms with Crippen molar-refractivity contribution < 1.29 is 19.5 Å². The van der Waals surface area contributed by atoms with E-state index >= 15 is 0 Å². The SMILES string of the molecule is O=C1CC[C@H](C(=O)N[C@H](Cc2ccc(Cl)cc2Cl)C(=O)O)N1. The minimum Gasteiger partial charge on any atom is -0.480 e. The molecule has 1 aromatic rings. The third kappa shape index (κ3) is 4.11. The van der Waals surface area contributed by atoms with Crippen LogP contribution in [0, 0.1) is 0 Å². The van der Waals surface area contributed by atoms with Crippen molar-refractivity contribution in [3.8, 4) is 0 Å². The van der Waals surface area contributed by atoms with Crippen LogP contribution < -0.4 is 10.6 Å². The van der Waals surface area contributed by atoms with Crippen LogP contribution in [-0.2, 0) is 20.8 Å². The van der Waals surface area contributed by atoms with Gasteiger partial charge in [0.25, 0.3) is 0 Å². The smallest absolute Gasteiger partial charge is 0.326 e. The molecule has 2 atom stereocenters. The maximum absolute atomic E-state index is 12.0. The van der Waals surface area contributed by atoms with Gasteiger partial charge in [-0.25, -0.2) is 4.79 Å². The minimum absolute atomic E-state index is 0.0255. The van der Waals surface area contributed by atoms with Gasteiger partial charge in [-0.05, 0) is 24.1 Å². The normalized spacial score (nSPS) is 18.6. The Bertz CT molecular complexity index is 621. The molecule has 2 amide bonds. The fourth-order valence-corrected chi connectivity index (χ4v) is 2.68. The molecule has 1 saturated heterocycles. The van der Waals surface area contributed by atoms with E-state index in [1.165, 1.54) is 6.07 Å². The summed E-state index contributed by atoms with van der Waals surface area (Å²) in [6, 6.07) is 2.90. The van der Waals surface area contributed by atoms with Gasteiger partial charge in [0.15, 0.2) is 0 Å². The van der Waals surface area contributed by atoms with Gasteiger partial charge in [-0.15, -0.1) is 0 Å². The molecule has 22 heavy (non-hydrogen) atoms. The summed E-state index contributed by atoms with van der Waals surface area (Å²) in [5.41, 5.74) is 0.564. The van der Waals surface area contributed by atoms with Gasteiger partial charge >= 0.3 is 5.97 Å². The quantitative estimate of drug-likeness (QED) is 0.751. The van der Waals surface area contributed by atoms with Crippen LogP contribution in [0.5, 0.6) is 0 Å². The lowest BCUT2D eigenvalue weighted by Crippen LogP contribution is -2.49. The molecule has 0 bridgehead atoms. The highest BCUT2D eigenvalue weighted by Crippen LogP contribution is 2.22. The number of carboxylic acids is 1. The maximum atomic E-state index is 12.0. The van der Waals surface area contributed by atoms with E-state index in [2.05, 4.69) is 10.6 Å². The molecule has 2 rings (SSSR count). The minimum atomic E-state index is -1.18. The van der Waals surface area contributed by atoms with Crippen LogP contribution in [0.3, 0.4) is 0 Å². The van der Waals surface area contributed by atoms with Crippen molar-refractivity contribution in [3.63, 3.8) is 0 Å². The Hall–Kier alpha value is -1.79. The second kappa shape index (κ2) is 6.98. The van der Waals surface area contributed by atoms with Gasteiger partial charge in [0.05, 0.1) is 0 Å². The van der Waals surface area contributed by atoms with Gasteiger partial charge in [0.2, 0.25) is 11.8 Å². The molecule has 1 fully saturated rings. The molecule has 1 aromatic carbocycles. The number of halogens is 2. The third-order valence-corrected chi connectivity index (χ3v) is 3.95. The van der Waals surface area contributed by atoms with E-state index in [9.17, 15) is 19.5 Å². The van der Waals surface area contributed by atoms with Gasteiger partial charge in [0.1, 0.15) is 12.1 Å². The van der Waals surface area contributed by atoms with E-state index in [1.807, 2.05) is 0 Å². The molecule has 0 aliphatic carbocycles. The van der Waals surface area contributed by atoms with Crippen LogP contribution in [0.4, 0.5) is 0 Å². The first-order valence-corrected chi connectivity index (χ1v) is 7.39. The predicted molar refractivity (Wildman–Crippen MR) is 80.9 cm³/mol. The number of carboxylic acid groups (broad SMARTS) is 1. The fourth-order valence-electron chi connectivity index (χ4n) is 2.19. The maximum Gasteiger partial charge on any atom is 0.326 e. The molecule has 1 aliphatic heterocycles. The molecule has 0 saturated carbocycles. The molecule has 3 N–H and O–H groups in total. The van der Waals surface area contributed by atoms with Gasteiger partial charge in [-0.3, -0.25) is 9.59 Å². The highest BCUT2D eigenvalue weighted by Gasteiger charge is 2.30. The summed E-state index contributed by atoms with van der Waals surface area (Å²) in [6.07, 6.45) is 0.648. The average molecular weight is 345 g/mol. The number of rotatable bonds is 5. The van der Waals surface area contributed by atoms with Crippen LogP contribution in [0.1, 0.15) is 18.4 Å². The van der Waals surface area contributed by atoms with E-state index in [1.54, 1.807) is 12.1 Å². The Morgan fingerprint density at radius 1 is 1.41 bits per heavy atom. The first kappa shape index (κ1) is 16.6. The number of benzene rings is 1. The molecule has 0 unspecified atom stereocenters. The van der Waals surface area contributed by atoms with Crippen molar-refractivity contribution >= 4 is 41.0 Å². The lowest BCUT2D eigenvalue weighted by Gasteiger charge is -2.18. The summed E-state index contributed by atoms with van der Waals surface area (Å²) in [4.78, 5) is 34.4. The largest absolute Gasteiger partial charge is 0.480 e. The Labute approximate surface area is 136 Å². The fraction of sp³-hybridized carbons (Fsp3) is 0.357. The first-order chi connectivity index (χ1) is 10.4.